The zero-order valence-corrected chi connectivity index (χ0v) is 28.1. The summed E-state index contributed by atoms with van der Waals surface area (Å²) in [5.74, 6) is -0.490. The molecule has 0 radical (unpaired) electrons. The molecular formula is C35H57N5O5. The molecule has 0 spiro atoms. The molecule has 45 heavy (non-hydrogen) atoms. The maximum absolute atomic E-state index is 14.4. The van der Waals surface area contributed by atoms with Crippen molar-refractivity contribution in [2.75, 3.05) is 6.54 Å². The highest BCUT2D eigenvalue weighted by Gasteiger charge is 2.52. The van der Waals surface area contributed by atoms with Gasteiger partial charge in [0.05, 0.1) is 12.5 Å². The first kappa shape index (κ1) is 33.7. The van der Waals surface area contributed by atoms with Crippen molar-refractivity contribution >= 4 is 29.5 Å². The summed E-state index contributed by atoms with van der Waals surface area (Å²) in [7, 11) is 0. The highest BCUT2D eigenvalue weighted by atomic mass is 16.2. The van der Waals surface area contributed by atoms with Gasteiger partial charge in [0.25, 0.3) is 0 Å². The number of nitrogens with zero attached hydrogens (tertiary/aromatic N) is 1. The molecule has 4 saturated carbocycles. The third-order valence-corrected chi connectivity index (χ3v) is 11.5. The van der Waals surface area contributed by atoms with Crippen LogP contribution < -0.4 is 21.3 Å². The van der Waals surface area contributed by atoms with Crippen LogP contribution in [0.25, 0.3) is 0 Å². The van der Waals surface area contributed by atoms with Crippen molar-refractivity contribution in [1.82, 2.24) is 26.2 Å². The van der Waals surface area contributed by atoms with Gasteiger partial charge in [0.2, 0.25) is 17.7 Å². The van der Waals surface area contributed by atoms with Crippen LogP contribution in [-0.4, -0.2) is 70.7 Å². The number of fused-ring (bicyclic) bond motifs is 1. The normalized spacial score (nSPS) is 27.5. The van der Waals surface area contributed by atoms with Crippen molar-refractivity contribution in [3.8, 4) is 0 Å². The van der Waals surface area contributed by atoms with Gasteiger partial charge in [-0.2, -0.15) is 0 Å². The minimum atomic E-state index is -0.817. The van der Waals surface area contributed by atoms with Crippen molar-refractivity contribution in [3.05, 3.63) is 0 Å². The van der Waals surface area contributed by atoms with Crippen LogP contribution in [0.3, 0.4) is 0 Å². The number of nitrogens with one attached hydrogen (secondary N) is 4. The number of amides is 5. The molecule has 5 rings (SSSR count). The van der Waals surface area contributed by atoms with Crippen LogP contribution in [0.2, 0.25) is 0 Å². The molecule has 5 amide bonds. The molecule has 1 saturated heterocycles. The lowest BCUT2D eigenvalue weighted by Gasteiger charge is -2.40. The largest absolute Gasteiger partial charge is 0.353 e. The third-order valence-electron chi connectivity index (χ3n) is 11.5. The lowest BCUT2D eigenvalue weighted by Crippen LogP contribution is -2.62. The van der Waals surface area contributed by atoms with Crippen molar-refractivity contribution in [1.29, 1.82) is 0 Å². The van der Waals surface area contributed by atoms with Crippen molar-refractivity contribution in [2.45, 2.75) is 160 Å². The number of ketones is 1. The van der Waals surface area contributed by atoms with Gasteiger partial charge < -0.3 is 26.2 Å². The molecular weight excluding hydrogens is 570 g/mol. The van der Waals surface area contributed by atoms with Gasteiger partial charge in [0.15, 0.2) is 5.78 Å². The molecule has 10 nitrogen and oxygen atoms in total. The lowest BCUT2D eigenvalue weighted by molar-refractivity contribution is -0.143. The molecule has 4 aliphatic carbocycles. The van der Waals surface area contributed by atoms with E-state index in [9.17, 15) is 24.0 Å². The van der Waals surface area contributed by atoms with E-state index in [1.165, 1.54) is 6.42 Å². The quantitative estimate of drug-likeness (QED) is 0.239. The zero-order valence-electron chi connectivity index (χ0n) is 28.1. The van der Waals surface area contributed by atoms with Gasteiger partial charge in [-0.15, -0.1) is 0 Å². The van der Waals surface area contributed by atoms with Crippen LogP contribution in [-0.2, 0) is 19.2 Å². The Kier molecular flexibility index (Phi) is 10.5. The summed E-state index contributed by atoms with van der Waals surface area (Å²) >= 11 is 0. The van der Waals surface area contributed by atoms with E-state index in [1.807, 2.05) is 20.8 Å². The molecule has 5 fully saturated rings. The van der Waals surface area contributed by atoms with Crippen molar-refractivity contribution in [2.24, 2.45) is 23.2 Å². The number of likely N-dealkylation sites (tertiary alicyclic amines) is 1. The number of hydrogen-bond donors (Lipinski definition) is 4. The Morgan fingerprint density at radius 2 is 1.56 bits per heavy atom. The Hall–Kier alpha value is -2.65. The number of carbonyl (C=O) groups excluding carboxylic acids is 5. The smallest absolute Gasteiger partial charge is 0.315 e. The first-order valence-corrected chi connectivity index (χ1v) is 17.9. The molecule has 5 aliphatic rings. The summed E-state index contributed by atoms with van der Waals surface area (Å²) < 4.78 is 0. The third kappa shape index (κ3) is 8.20. The number of carbonyl (C=O) groups is 5. The Balaban J connectivity index is 1.30. The predicted molar refractivity (Wildman–Crippen MR) is 172 cm³/mol. The van der Waals surface area contributed by atoms with Gasteiger partial charge >= 0.3 is 6.03 Å². The van der Waals surface area contributed by atoms with E-state index in [2.05, 4.69) is 28.2 Å². The lowest BCUT2D eigenvalue weighted by atomic mass is 9.79. The van der Waals surface area contributed by atoms with E-state index in [4.69, 9.17) is 0 Å². The van der Waals surface area contributed by atoms with Crippen LogP contribution in [0.5, 0.6) is 0 Å². The number of urea groups is 1. The van der Waals surface area contributed by atoms with Crippen LogP contribution in [0.1, 0.15) is 130 Å². The Morgan fingerprint density at radius 3 is 2.16 bits per heavy atom. The summed E-state index contributed by atoms with van der Waals surface area (Å²) in [6.45, 7) is 8.40. The molecule has 4 N–H and O–H groups in total. The standard InChI is InChI=1S/C35H57N5O5/c1-5-35(17-7-6-8-18-35)39-33(45)38-30(34(2,3)4)32(44)40-21-23-13-10-14-25(23)29(40)31(43)37-26(19-22-11-9-12-22)27(41)20-28(42)36-24-15-16-24/h22-26,29-30H,5-21H2,1-4H3,(H,36,42)(H,37,43)(H2,38,39,45)/t23-,25-,26?,29-,30+/m0/s1. The van der Waals surface area contributed by atoms with E-state index in [0.29, 0.717) is 18.9 Å². The van der Waals surface area contributed by atoms with Crippen molar-refractivity contribution < 1.29 is 24.0 Å². The SMILES string of the molecule is CCC1(NC(=O)N[C@H](C(=O)N2C[C@@H]3CCC[C@@H]3[C@H]2C(=O)NC(CC2CCC2)C(=O)CC(=O)NC2CC2)C(C)(C)C)CCCCC1. The summed E-state index contributed by atoms with van der Waals surface area (Å²) in [5, 5.41) is 12.2. The molecule has 5 atom stereocenters. The second-order valence-corrected chi connectivity index (χ2v) is 16.0. The average Bonchev–Trinajstić information content (AvgIpc) is 3.52. The molecule has 10 heteroatoms. The fraction of sp³-hybridized carbons (Fsp3) is 0.857. The topological polar surface area (TPSA) is 137 Å². The zero-order chi connectivity index (χ0) is 32.4. The molecule has 1 aliphatic heterocycles. The van der Waals surface area contributed by atoms with Crippen molar-refractivity contribution in [3.63, 3.8) is 0 Å². The van der Waals surface area contributed by atoms with Crippen LogP contribution in [0.4, 0.5) is 4.79 Å². The van der Waals surface area contributed by atoms with Gasteiger partial charge in [-0.3, -0.25) is 19.2 Å². The highest BCUT2D eigenvalue weighted by molar-refractivity contribution is 6.03. The Labute approximate surface area is 269 Å². The maximum atomic E-state index is 14.4. The van der Waals surface area contributed by atoms with E-state index >= 15 is 0 Å². The molecule has 0 bridgehead atoms. The van der Waals surface area contributed by atoms with Gasteiger partial charge in [-0.1, -0.05) is 72.6 Å². The van der Waals surface area contributed by atoms with Gasteiger partial charge in [-0.05, 0) is 74.5 Å². The number of hydrogen-bond acceptors (Lipinski definition) is 5. The molecule has 0 aromatic rings. The van der Waals surface area contributed by atoms with Crippen LogP contribution in [0.15, 0.2) is 0 Å². The Bertz CT molecular complexity index is 1120. The first-order valence-electron chi connectivity index (χ1n) is 17.9. The van der Waals surface area contributed by atoms with E-state index in [-0.39, 0.29) is 59.4 Å². The number of Topliss-reactive ketones (excluding diaryl/α,β-unsaturated/α-hetero) is 1. The van der Waals surface area contributed by atoms with E-state index < -0.39 is 23.5 Å². The summed E-state index contributed by atoms with van der Waals surface area (Å²) in [6.07, 6.45) is 14.2. The fourth-order valence-corrected chi connectivity index (χ4v) is 8.26. The maximum Gasteiger partial charge on any atom is 0.315 e. The van der Waals surface area contributed by atoms with Crippen LogP contribution >= 0.6 is 0 Å². The molecule has 0 aromatic carbocycles. The number of rotatable bonds is 12. The Morgan fingerprint density at radius 1 is 0.867 bits per heavy atom. The molecule has 1 heterocycles. The minimum absolute atomic E-state index is 0.0200. The van der Waals surface area contributed by atoms with E-state index in [1.54, 1.807) is 4.90 Å². The molecule has 0 aromatic heterocycles. The monoisotopic (exact) mass is 627 g/mol. The molecule has 252 valence electrons. The minimum Gasteiger partial charge on any atom is -0.353 e. The van der Waals surface area contributed by atoms with Gasteiger partial charge in [0, 0.05) is 18.1 Å². The summed E-state index contributed by atoms with van der Waals surface area (Å²) in [5.41, 5.74) is -0.838. The van der Waals surface area contributed by atoms with Crippen LogP contribution in [0, 0.1) is 23.2 Å². The second kappa shape index (κ2) is 14.0. The summed E-state index contributed by atoms with van der Waals surface area (Å²) in [6, 6.07) is -2.42. The second-order valence-electron chi connectivity index (χ2n) is 16.0. The summed E-state index contributed by atoms with van der Waals surface area (Å²) in [4.78, 5) is 69.6. The average molecular weight is 628 g/mol. The highest BCUT2D eigenvalue weighted by Crippen LogP contribution is 2.43. The van der Waals surface area contributed by atoms with Gasteiger partial charge in [-0.25, -0.2) is 4.79 Å². The fourth-order valence-electron chi connectivity index (χ4n) is 8.26. The van der Waals surface area contributed by atoms with Gasteiger partial charge in [0.1, 0.15) is 12.1 Å². The predicted octanol–water partition coefficient (Wildman–Crippen LogP) is 4.35. The van der Waals surface area contributed by atoms with E-state index in [0.717, 1.165) is 83.5 Å². The molecule has 1 unspecified atom stereocenters. The first-order chi connectivity index (χ1) is 21.4.